The molecular formula is C20H15ClN2OS. The molecular weight excluding hydrogens is 352 g/mol. The Morgan fingerprint density at radius 3 is 2.48 bits per heavy atom. The molecule has 0 radical (unpaired) electrons. The van der Waals surface area contributed by atoms with Crippen LogP contribution in [-0.4, -0.2) is 11.0 Å². The van der Waals surface area contributed by atoms with Crippen molar-refractivity contribution in [2.24, 2.45) is 0 Å². The van der Waals surface area contributed by atoms with Gasteiger partial charge < -0.3 is 5.32 Å². The average Bonchev–Trinajstić information content (AvgIpc) is 2.62. The van der Waals surface area contributed by atoms with Gasteiger partial charge in [-0.15, -0.1) is 0 Å². The van der Waals surface area contributed by atoms with Gasteiger partial charge in [-0.2, -0.15) is 0 Å². The predicted octanol–water partition coefficient (Wildman–Crippen LogP) is 5.02. The van der Waals surface area contributed by atoms with Crippen molar-refractivity contribution in [3.05, 3.63) is 83.4 Å². The highest BCUT2D eigenvalue weighted by molar-refractivity contribution is 7.80. The number of thiocarbonyl (C=S) groups is 1. The number of hydrogen-bond acceptors (Lipinski definition) is 2. The van der Waals surface area contributed by atoms with Crippen LogP contribution in [0, 0.1) is 0 Å². The van der Waals surface area contributed by atoms with Gasteiger partial charge in [0.25, 0.3) is 0 Å². The first-order chi connectivity index (χ1) is 12.1. The van der Waals surface area contributed by atoms with Crippen molar-refractivity contribution in [2.75, 3.05) is 5.32 Å². The number of rotatable bonds is 3. The van der Waals surface area contributed by atoms with E-state index in [4.69, 9.17) is 23.8 Å². The van der Waals surface area contributed by atoms with Gasteiger partial charge in [0.15, 0.2) is 5.11 Å². The van der Waals surface area contributed by atoms with E-state index in [1.165, 1.54) is 6.08 Å². The summed E-state index contributed by atoms with van der Waals surface area (Å²) in [6, 6.07) is 21.1. The normalized spacial score (nSPS) is 10.8. The number of carbonyl (C=O) groups is 1. The Bertz CT molecular complexity index is 946. The lowest BCUT2D eigenvalue weighted by atomic mass is 10.0. The molecule has 1 amide bonds. The van der Waals surface area contributed by atoms with E-state index in [9.17, 15) is 4.79 Å². The summed E-state index contributed by atoms with van der Waals surface area (Å²) >= 11 is 11.0. The minimum Gasteiger partial charge on any atom is -0.332 e. The molecule has 124 valence electrons. The summed E-state index contributed by atoms with van der Waals surface area (Å²) in [7, 11) is 0. The first-order valence-corrected chi connectivity index (χ1v) is 8.44. The van der Waals surface area contributed by atoms with Gasteiger partial charge in [0.1, 0.15) is 0 Å². The van der Waals surface area contributed by atoms with Gasteiger partial charge in [-0.1, -0.05) is 54.1 Å². The zero-order chi connectivity index (χ0) is 17.6. The number of amides is 1. The SMILES string of the molecule is O=C(/C=C/c1cccc2ccccc12)NC(=S)Nc1ccc(Cl)cc1. The van der Waals surface area contributed by atoms with Gasteiger partial charge in [-0.25, -0.2) is 0 Å². The van der Waals surface area contributed by atoms with E-state index in [0.29, 0.717) is 5.02 Å². The minimum atomic E-state index is -0.292. The summed E-state index contributed by atoms with van der Waals surface area (Å²) in [4.78, 5) is 12.1. The fourth-order valence-corrected chi connectivity index (χ4v) is 2.75. The molecule has 0 saturated heterocycles. The predicted molar refractivity (Wildman–Crippen MR) is 109 cm³/mol. The van der Waals surface area contributed by atoms with Crippen molar-refractivity contribution in [1.29, 1.82) is 0 Å². The molecule has 0 aliphatic rings. The highest BCUT2D eigenvalue weighted by atomic mass is 35.5. The number of benzene rings is 3. The van der Waals surface area contributed by atoms with E-state index < -0.39 is 0 Å². The van der Waals surface area contributed by atoms with Gasteiger partial charge in [0, 0.05) is 16.8 Å². The average molecular weight is 367 g/mol. The smallest absolute Gasteiger partial charge is 0.250 e. The van der Waals surface area contributed by atoms with Crippen molar-refractivity contribution in [3.63, 3.8) is 0 Å². The van der Waals surface area contributed by atoms with E-state index in [2.05, 4.69) is 10.6 Å². The maximum atomic E-state index is 12.1. The van der Waals surface area contributed by atoms with Crippen LogP contribution in [-0.2, 0) is 4.79 Å². The molecule has 5 heteroatoms. The van der Waals surface area contributed by atoms with Crippen LogP contribution in [0.3, 0.4) is 0 Å². The lowest BCUT2D eigenvalue weighted by Gasteiger charge is -2.08. The summed E-state index contributed by atoms with van der Waals surface area (Å²) in [5.41, 5.74) is 1.73. The van der Waals surface area contributed by atoms with Crippen LogP contribution >= 0.6 is 23.8 Å². The van der Waals surface area contributed by atoms with Gasteiger partial charge in [-0.05, 0) is 58.9 Å². The summed E-state index contributed by atoms with van der Waals surface area (Å²) < 4.78 is 0. The largest absolute Gasteiger partial charge is 0.332 e. The van der Waals surface area contributed by atoms with Crippen molar-refractivity contribution in [2.45, 2.75) is 0 Å². The molecule has 0 fully saturated rings. The van der Waals surface area contributed by atoms with Gasteiger partial charge in [0.2, 0.25) is 5.91 Å². The summed E-state index contributed by atoms with van der Waals surface area (Å²) in [5.74, 6) is -0.292. The Balaban J connectivity index is 1.64. The van der Waals surface area contributed by atoms with Crippen molar-refractivity contribution >= 4 is 57.4 Å². The zero-order valence-corrected chi connectivity index (χ0v) is 14.8. The number of anilines is 1. The maximum absolute atomic E-state index is 12.1. The van der Waals surface area contributed by atoms with Crippen LogP contribution in [0.15, 0.2) is 72.8 Å². The molecule has 25 heavy (non-hydrogen) atoms. The Hall–Kier alpha value is -2.69. The number of carbonyl (C=O) groups excluding carboxylic acids is 1. The third kappa shape index (κ3) is 4.66. The van der Waals surface area contributed by atoms with Gasteiger partial charge in [-0.3, -0.25) is 10.1 Å². The molecule has 2 N–H and O–H groups in total. The van der Waals surface area contributed by atoms with E-state index in [1.807, 2.05) is 42.5 Å². The fourth-order valence-electron chi connectivity index (χ4n) is 2.41. The fraction of sp³-hybridized carbons (Fsp3) is 0. The second-order valence-corrected chi connectivity index (χ2v) is 6.20. The standard InChI is InChI=1S/C20H15ClN2OS/c21-16-9-11-17(12-10-16)22-20(25)23-19(24)13-8-15-6-3-5-14-4-1-2-7-18(14)15/h1-13H,(H2,22,23,24,25)/b13-8+. The molecule has 3 aromatic carbocycles. The van der Waals surface area contributed by atoms with E-state index in [1.54, 1.807) is 30.3 Å². The summed E-state index contributed by atoms with van der Waals surface area (Å²) in [5, 5.41) is 8.65. The quantitative estimate of drug-likeness (QED) is 0.505. The Morgan fingerprint density at radius 1 is 0.960 bits per heavy atom. The van der Waals surface area contributed by atoms with Crippen molar-refractivity contribution in [1.82, 2.24) is 5.32 Å². The third-order valence-electron chi connectivity index (χ3n) is 3.58. The topological polar surface area (TPSA) is 41.1 Å². The third-order valence-corrected chi connectivity index (χ3v) is 4.03. The Labute approximate surface area is 156 Å². The van der Waals surface area contributed by atoms with Crippen molar-refractivity contribution in [3.8, 4) is 0 Å². The first-order valence-electron chi connectivity index (χ1n) is 7.65. The number of nitrogens with one attached hydrogen (secondary N) is 2. The number of hydrogen-bond donors (Lipinski definition) is 2. The monoisotopic (exact) mass is 366 g/mol. The van der Waals surface area contributed by atoms with Crippen LogP contribution < -0.4 is 10.6 Å². The lowest BCUT2D eigenvalue weighted by molar-refractivity contribution is -0.115. The second-order valence-electron chi connectivity index (χ2n) is 5.35. The second kappa shape index (κ2) is 7.92. The summed E-state index contributed by atoms with van der Waals surface area (Å²) in [6.45, 7) is 0. The van der Waals surface area contributed by atoms with Gasteiger partial charge in [0.05, 0.1) is 0 Å². The maximum Gasteiger partial charge on any atom is 0.250 e. The van der Waals surface area contributed by atoms with Crippen LogP contribution in [0.2, 0.25) is 5.02 Å². The molecule has 0 aliphatic heterocycles. The van der Waals surface area contributed by atoms with Crippen LogP contribution in [0.25, 0.3) is 16.8 Å². The Morgan fingerprint density at radius 2 is 1.68 bits per heavy atom. The molecule has 0 heterocycles. The molecule has 0 saturated carbocycles. The molecule has 0 aliphatic carbocycles. The molecule has 0 aromatic heterocycles. The van der Waals surface area contributed by atoms with Crippen molar-refractivity contribution < 1.29 is 4.79 Å². The van der Waals surface area contributed by atoms with E-state index in [0.717, 1.165) is 22.0 Å². The zero-order valence-electron chi connectivity index (χ0n) is 13.2. The number of fused-ring (bicyclic) bond motifs is 1. The van der Waals surface area contributed by atoms with Crippen LogP contribution in [0.1, 0.15) is 5.56 Å². The van der Waals surface area contributed by atoms with Gasteiger partial charge >= 0.3 is 0 Å². The van der Waals surface area contributed by atoms with Crippen LogP contribution in [0.4, 0.5) is 5.69 Å². The van der Waals surface area contributed by atoms with E-state index in [-0.39, 0.29) is 11.0 Å². The molecule has 0 spiro atoms. The minimum absolute atomic E-state index is 0.231. The highest BCUT2D eigenvalue weighted by Gasteiger charge is 2.02. The molecule has 0 bridgehead atoms. The number of halogens is 1. The molecule has 3 rings (SSSR count). The summed E-state index contributed by atoms with van der Waals surface area (Å²) in [6.07, 6.45) is 3.25. The molecule has 3 aromatic rings. The van der Waals surface area contributed by atoms with Crippen LogP contribution in [0.5, 0.6) is 0 Å². The molecule has 3 nitrogen and oxygen atoms in total. The lowest BCUT2D eigenvalue weighted by Crippen LogP contribution is -2.32. The molecule has 0 unspecified atom stereocenters. The molecule has 0 atom stereocenters. The highest BCUT2D eigenvalue weighted by Crippen LogP contribution is 2.19. The van der Waals surface area contributed by atoms with E-state index >= 15 is 0 Å². The Kier molecular flexibility index (Phi) is 5.43. The first kappa shape index (κ1) is 17.1.